The van der Waals surface area contributed by atoms with Crippen molar-refractivity contribution >= 4 is 17.3 Å². The quantitative estimate of drug-likeness (QED) is 0.627. The first kappa shape index (κ1) is 16.3. The molecule has 1 fully saturated rings. The van der Waals surface area contributed by atoms with E-state index in [0.717, 1.165) is 30.5 Å². The van der Waals surface area contributed by atoms with Crippen molar-refractivity contribution in [1.82, 2.24) is 15.6 Å². The fraction of sp³-hybridized carbons (Fsp3) is 0.750. The SMILES string of the molecule is CCC1(CNC(=NC)NCCc2sc(C)nc2C)CCC1. The number of guanidine groups is 1. The Morgan fingerprint density at radius 1 is 1.33 bits per heavy atom. The van der Waals surface area contributed by atoms with Crippen LogP contribution in [0.4, 0.5) is 0 Å². The standard InChI is InChI=1S/C16H28N4S/c1-5-16(8-6-9-16)11-19-15(17-4)18-10-7-14-12(2)20-13(3)21-14/h5-11H2,1-4H3,(H2,17,18,19). The maximum Gasteiger partial charge on any atom is 0.191 e. The van der Waals surface area contributed by atoms with E-state index in [9.17, 15) is 0 Å². The van der Waals surface area contributed by atoms with Crippen LogP contribution in [0.5, 0.6) is 0 Å². The molecular weight excluding hydrogens is 280 g/mol. The van der Waals surface area contributed by atoms with Gasteiger partial charge in [0.2, 0.25) is 0 Å². The molecule has 4 nitrogen and oxygen atoms in total. The van der Waals surface area contributed by atoms with Gasteiger partial charge in [-0.05, 0) is 38.5 Å². The van der Waals surface area contributed by atoms with Crippen LogP contribution in [0.2, 0.25) is 0 Å². The van der Waals surface area contributed by atoms with Crippen LogP contribution in [-0.4, -0.2) is 31.1 Å². The third kappa shape index (κ3) is 4.19. The molecule has 1 saturated carbocycles. The molecule has 2 rings (SSSR count). The second-order valence-electron chi connectivity index (χ2n) is 6.05. The summed E-state index contributed by atoms with van der Waals surface area (Å²) in [5.74, 6) is 0.925. The molecule has 118 valence electrons. The van der Waals surface area contributed by atoms with Crippen molar-refractivity contribution < 1.29 is 0 Å². The van der Waals surface area contributed by atoms with Crippen LogP contribution in [-0.2, 0) is 6.42 Å². The number of aryl methyl sites for hydroxylation is 2. The molecule has 1 aromatic heterocycles. The largest absolute Gasteiger partial charge is 0.356 e. The van der Waals surface area contributed by atoms with Crippen molar-refractivity contribution in [3.63, 3.8) is 0 Å². The van der Waals surface area contributed by atoms with E-state index in [2.05, 4.69) is 41.4 Å². The molecule has 0 unspecified atom stereocenters. The van der Waals surface area contributed by atoms with E-state index < -0.39 is 0 Å². The Kier molecular flexibility index (Phi) is 5.62. The highest BCUT2D eigenvalue weighted by Gasteiger charge is 2.34. The first-order chi connectivity index (χ1) is 10.1. The molecule has 1 aliphatic carbocycles. The molecule has 0 radical (unpaired) electrons. The number of nitrogens with zero attached hydrogens (tertiary/aromatic N) is 2. The number of rotatable bonds is 6. The molecule has 1 aromatic rings. The molecule has 21 heavy (non-hydrogen) atoms. The second-order valence-corrected chi connectivity index (χ2v) is 7.34. The fourth-order valence-electron chi connectivity index (χ4n) is 2.92. The van der Waals surface area contributed by atoms with Gasteiger partial charge in [0.15, 0.2) is 5.96 Å². The van der Waals surface area contributed by atoms with Crippen molar-refractivity contribution in [2.45, 2.75) is 52.9 Å². The van der Waals surface area contributed by atoms with Gasteiger partial charge in [0.1, 0.15) is 0 Å². The minimum absolute atomic E-state index is 0.517. The lowest BCUT2D eigenvalue weighted by atomic mass is 9.67. The number of thiazole rings is 1. The van der Waals surface area contributed by atoms with Crippen molar-refractivity contribution in [3.05, 3.63) is 15.6 Å². The van der Waals surface area contributed by atoms with Crippen LogP contribution in [0.1, 0.15) is 48.2 Å². The maximum atomic E-state index is 4.47. The molecule has 0 amide bonds. The highest BCUT2D eigenvalue weighted by Crippen LogP contribution is 2.42. The minimum atomic E-state index is 0.517. The molecule has 0 atom stereocenters. The van der Waals surface area contributed by atoms with Gasteiger partial charge in [0, 0.05) is 31.4 Å². The van der Waals surface area contributed by atoms with Crippen LogP contribution in [0.15, 0.2) is 4.99 Å². The average molecular weight is 308 g/mol. The lowest BCUT2D eigenvalue weighted by Crippen LogP contribution is -2.46. The maximum absolute atomic E-state index is 4.47. The Labute approximate surface area is 132 Å². The van der Waals surface area contributed by atoms with E-state index >= 15 is 0 Å². The van der Waals surface area contributed by atoms with E-state index in [1.54, 1.807) is 11.3 Å². The smallest absolute Gasteiger partial charge is 0.191 e. The highest BCUT2D eigenvalue weighted by molar-refractivity contribution is 7.11. The molecule has 0 saturated heterocycles. The number of hydrogen-bond acceptors (Lipinski definition) is 3. The minimum Gasteiger partial charge on any atom is -0.356 e. The summed E-state index contributed by atoms with van der Waals surface area (Å²) in [5.41, 5.74) is 1.69. The zero-order valence-corrected chi connectivity index (χ0v) is 14.6. The van der Waals surface area contributed by atoms with Crippen molar-refractivity contribution in [2.24, 2.45) is 10.4 Å². The van der Waals surface area contributed by atoms with Gasteiger partial charge in [0.25, 0.3) is 0 Å². The van der Waals surface area contributed by atoms with Gasteiger partial charge in [-0.2, -0.15) is 0 Å². The monoisotopic (exact) mass is 308 g/mol. The van der Waals surface area contributed by atoms with Crippen LogP contribution < -0.4 is 10.6 Å². The molecule has 0 spiro atoms. The summed E-state index contributed by atoms with van der Waals surface area (Å²) in [7, 11) is 1.84. The van der Waals surface area contributed by atoms with Crippen molar-refractivity contribution in [2.75, 3.05) is 20.1 Å². The number of hydrogen-bond donors (Lipinski definition) is 2. The Morgan fingerprint density at radius 2 is 2.10 bits per heavy atom. The van der Waals surface area contributed by atoms with Gasteiger partial charge in [0.05, 0.1) is 10.7 Å². The highest BCUT2D eigenvalue weighted by atomic mass is 32.1. The fourth-order valence-corrected chi connectivity index (χ4v) is 3.86. The first-order valence-electron chi connectivity index (χ1n) is 7.96. The summed E-state index contributed by atoms with van der Waals surface area (Å²) in [6.45, 7) is 8.40. The Morgan fingerprint density at radius 3 is 2.57 bits per heavy atom. The van der Waals surface area contributed by atoms with Gasteiger partial charge in [-0.3, -0.25) is 4.99 Å². The van der Waals surface area contributed by atoms with Crippen molar-refractivity contribution in [3.8, 4) is 0 Å². The molecule has 1 aliphatic rings. The summed E-state index contributed by atoms with van der Waals surface area (Å²) in [5, 5.41) is 8.07. The predicted molar refractivity (Wildman–Crippen MR) is 91.2 cm³/mol. The summed E-state index contributed by atoms with van der Waals surface area (Å²) >= 11 is 1.80. The van der Waals surface area contributed by atoms with Crippen LogP contribution in [0.25, 0.3) is 0 Å². The zero-order valence-electron chi connectivity index (χ0n) is 13.8. The summed E-state index contributed by atoms with van der Waals surface area (Å²) < 4.78 is 0. The molecule has 5 heteroatoms. The van der Waals surface area contributed by atoms with Gasteiger partial charge >= 0.3 is 0 Å². The summed E-state index contributed by atoms with van der Waals surface area (Å²) in [6.07, 6.45) is 6.36. The molecule has 0 bridgehead atoms. The van der Waals surface area contributed by atoms with Gasteiger partial charge in [-0.1, -0.05) is 13.3 Å². The van der Waals surface area contributed by atoms with Crippen LogP contribution in [0, 0.1) is 19.3 Å². The third-order valence-corrected chi connectivity index (χ3v) is 5.80. The average Bonchev–Trinajstić information content (AvgIpc) is 2.74. The van der Waals surface area contributed by atoms with E-state index in [-0.39, 0.29) is 0 Å². The Bertz CT molecular complexity index is 483. The topological polar surface area (TPSA) is 49.3 Å². The lowest BCUT2D eigenvalue weighted by molar-refractivity contribution is 0.131. The number of aliphatic imine (C=N–C) groups is 1. The van der Waals surface area contributed by atoms with Crippen molar-refractivity contribution in [1.29, 1.82) is 0 Å². The summed E-state index contributed by atoms with van der Waals surface area (Å²) in [6, 6.07) is 0. The van der Waals surface area contributed by atoms with E-state index in [1.807, 2.05) is 7.05 Å². The number of aromatic nitrogens is 1. The van der Waals surface area contributed by atoms with Crippen LogP contribution >= 0.6 is 11.3 Å². The zero-order chi connectivity index (χ0) is 15.3. The predicted octanol–water partition coefficient (Wildman–Crippen LogP) is 3.05. The van der Waals surface area contributed by atoms with Gasteiger partial charge in [-0.15, -0.1) is 11.3 Å². The molecule has 1 heterocycles. The van der Waals surface area contributed by atoms with E-state index in [1.165, 1.54) is 36.3 Å². The normalized spacial score (nSPS) is 17.4. The number of nitrogens with one attached hydrogen (secondary N) is 2. The molecule has 0 aromatic carbocycles. The first-order valence-corrected chi connectivity index (χ1v) is 8.77. The third-order valence-electron chi connectivity index (χ3n) is 4.66. The van der Waals surface area contributed by atoms with Gasteiger partial charge in [-0.25, -0.2) is 4.98 Å². The molecule has 0 aliphatic heterocycles. The van der Waals surface area contributed by atoms with E-state index in [0.29, 0.717) is 5.41 Å². The van der Waals surface area contributed by atoms with Crippen LogP contribution in [0.3, 0.4) is 0 Å². The Hall–Kier alpha value is -1.10. The molecular formula is C16H28N4S. The van der Waals surface area contributed by atoms with Gasteiger partial charge < -0.3 is 10.6 Å². The second kappa shape index (κ2) is 7.25. The Balaban J connectivity index is 1.74. The molecule has 2 N–H and O–H groups in total. The lowest BCUT2D eigenvalue weighted by Gasteiger charge is -2.41. The van der Waals surface area contributed by atoms with E-state index in [4.69, 9.17) is 0 Å². The summed E-state index contributed by atoms with van der Waals surface area (Å²) in [4.78, 5) is 10.2.